The van der Waals surface area contributed by atoms with E-state index in [2.05, 4.69) is 22.2 Å². The largest absolute Gasteiger partial charge is 0.336 e. The van der Waals surface area contributed by atoms with Gasteiger partial charge in [-0.2, -0.15) is 5.10 Å². The van der Waals surface area contributed by atoms with Gasteiger partial charge in [0, 0.05) is 24.3 Å². The van der Waals surface area contributed by atoms with Gasteiger partial charge in [-0.3, -0.25) is 4.79 Å². The monoisotopic (exact) mass is 362 g/mol. The van der Waals surface area contributed by atoms with Gasteiger partial charge in [-0.1, -0.05) is 6.92 Å². The Hall–Kier alpha value is -1.85. The van der Waals surface area contributed by atoms with E-state index in [0.29, 0.717) is 6.04 Å². The number of nitrogens with zero attached hydrogens (tertiary/aromatic N) is 3. The number of benzene rings is 1. The molecule has 1 fully saturated rings. The first-order valence-electron chi connectivity index (χ1n) is 8.82. The molecule has 6 heteroatoms. The first-order chi connectivity index (χ1) is 11.7. The minimum Gasteiger partial charge on any atom is -0.336 e. The second kappa shape index (κ2) is 9.02. The third-order valence-corrected chi connectivity index (χ3v) is 4.57. The Morgan fingerprint density at radius 3 is 2.52 bits per heavy atom. The lowest BCUT2D eigenvalue weighted by Gasteiger charge is -2.34. The van der Waals surface area contributed by atoms with E-state index in [1.807, 2.05) is 48.3 Å². The van der Waals surface area contributed by atoms with Gasteiger partial charge >= 0.3 is 0 Å². The number of piperidine rings is 1. The molecule has 1 saturated heterocycles. The van der Waals surface area contributed by atoms with Gasteiger partial charge in [0.2, 0.25) is 0 Å². The Kier molecular flexibility index (Phi) is 7.02. The number of rotatable bonds is 5. The SMILES string of the molecule is CCCN(C(=O)c1ccc(-n2cc(C)cn2)cc1)C1CCNCC1.Cl. The van der Waals surface area contributed by atoms with Gasteiger partial charge < -0.3 is 10.2 Å². The number of carbonyl (C=O) groups excluding carboxylic acids is 1. The van der Waals surface area contributed by atoms with E-state index in [1.165, 1.54) is 0 Å². The fourth-order valence-electron chi connectivity index (χ4n) is 3.29. The molecule has 1 aromatic heterocycles. The van der Waals surface area contributed by atoms with Crippen LogP contribution in [0.5, 0.6) is 0 Å². The molecule has 136 valence electrons. The summed E-state index contributed by atoms with van der Waals surface area (Å²) in [5, 5.41) is 7.68. The van der Waals surface area contributed by atoms with Crippen molar-refractivity contribution < 1.29 is 4.79 Å². The second-order valence-corrected chi connectivity index (χ2v) is 6.49. The molecule has 3 rings (SSSR count). The topological polar surface area (TPSA) is 50.2 Å². The Balaban J connectivity index is 0.00000225. The number of hydrogen-bond donors (Lipinski definition) is 1. The summed E-state index contributed by atoms with van der Waals surface area (Å²) in [4.78, 5) is 15.0. The van der Waals surface area contributed by atoms with Crippen molar-refractivity contribution in [1.82, 2.24) is 20.0 Å². The van der Waals surface area contributed by atoms with Gasteiger partial charge in [0.1, 0.15) is 0 Å². The fourth-order valence-corrected chi connectivity index (χ4v) is 3.29. The van der Waals surface area contributed by atoms with Gasteiger partial charge in [-0.15, -0.1) is 12.4 Å². The molecule has 5 nitrogen and oxygen atoms in total. The van der Waals surface area contributed by atoms with Gasteiger partial charge in [0.15, 0.2) is 0 Å². The summed E-state index contributed by atoms with van der Waals surface area (Å²) in [5.74, 6) is 0.145. The highest BCUT2D eigenvalue weighted by Gasteiger charge is 2.25. The van der Waals surface area contributed by atoms with Crippen LogP contribution in [0.15, 0.2) is 36.7 Å². The summed E-state index contributed by atoms with van der Waals surface area (Å²) in [7, 11) is 0. The molecule has 0 aliphatic carbocycles. The van der Waals surface area contributed by atoms with E-state index < -0.39 is 0 Å². The zero-order valence-corrected chi connectivity index (χ0v) is 15.8. The normalized spacial score (nSPS) is 14.8. The van der Waals surface area contributed by atoms with E-state index in [-0.39, 0.29) is 18.3 Å². The number of carbonyl (C=O) groups is 1. The summed E-state index contributed by atoms with van der Waals surface area (Å²) in [6.07, 6.45) is 6.88. The van der Waals surface area contributed by atoms with Crippen LogP contribution in [0.1, 0.15) is 42.1 Å². The summed E-state index contributed by atoms with van der Waals surface area (Å²) in [6.45, 7) is 6.96. The van der Waals surface area contributed by atoms with Gasteiger partial charge in [-0.05, 0) is 69.1 Å². The van der Waals surface area contributed by atoms with Gasteiger partial charge in [-0.25, -0.2) is 4.68 Å². The van der Waals surface area contributed by atoms with Crippen molar-refractivity contribution in [2.75, 3.05) is 19.6 Å². The van der Waals surface area contributed by atoms with Crippen LogP contribution in [0.3, 0.4) is 0 Å². The van der Waals surface area contributed by atoms with Crippen molar-refractivity contribution in [3.05, 3.63) is 47.8 Å². The van der Waals surface area contributed by atoms with E-state index in [4.69, 9.17) is 0 Å². The molecule has 25 heavy (non-hydrogen) atoms. The molecule has 2 heterocycles. The summed E-state index contributed by atoms with van der Waals surface area (Å²) >= 11 is 0. The molecule has 1 aliphatic rings. The van der Waals surface area contributed by atoms with E-state index in [0.717, 1.165) is 55.7 Å². The molecule has 0 atom stereocenters. The maximum absolute atomic E-state index is 13.0. The molecule has 1 N–H and O–H groups in total. The number of aryl methyl sites for hydroxylation is 1. The molecular weight excluding hydrogens is 336 g/mol. The number of nitrogens with one attached hydrogen (secondary N) is 1. The summed E-state index contributed by atoms with van der Waals surface area (Å²) in [5.41, 5.74) is 2.85. The smallest absolute Gasteiger partial charge is 0.254 e. The quantitative estimate of drug-likeness (QED) is 0.888. The fraction of sp³-hybridized carbons (Fsp3) is 0.474. The van der Waals surface area contributed by atoms with Crippen LogP contribution in [0.25, 0.3) is 5.69 Å². The standard InChI is InChI=1S/C19H26N4O.ClH/c1-3-12-22(17-8-10-20-11-9-17)19(24)16-4-6-18(7-5-16)23-14-15(2)13-21-23;/h4-7,13-14,17,20H,3,8-12H2,1-2H3;1H. The number of halogens is 1. The molecular formula is C19H27ClN4O. The maximum atomic E-state index is 13.0. The third kappa shape index (κ3) is 4.61. The maximum Gasteiger partial charge on any atom is 0.254 e. The Morgan fingerprint density at radius 1 is 1.28 bits per heavy atom. The minimum absolute atomic E-state index is 0. The molecule has 0 radical (unpaired) electrons. The lowest BCUT2D eigenvalue weighted by atomic mass is 10.0. The lowest BCUT2D eigenvalue weighted by Crippen LogP contribution is -2.46. The molecule has 0 unspecified atom stereocenters. The van der Waals surface area contributed by atoms with Crippen molar-refractivity contribution in [2.24, 2.45) is 0 Å². The van der Waals surface area contributed by atoms with Crippen LogP contribution in [-0.2, 0) is 0 Å². The highest BCUT2D eigenvalue weighted by Crippen LogP contribution is 2.18. The first kappa shape index (κ1) is 19.5. The van der Waals surface area contributed by atoms with Gasteiger partial charge in [0.05, 0.1) is 11.9 Å². The zero-order chi connectivity index (χ0) is 16.9. The Bertz CT molecular complexity index is 677. The molecule has 0 bridgehead atoms. The molecule has 0 spiro atoms. The average molecular weight is 363 g/mol. The van der Waals surface area contributed by atoms with Gasteiger partial charge in [0.25, 0.3) is 5.91 Å². The van der Waals surface area contributed by atoms with Crippen LogP contribution in [0.2, 0.25) is 0 Å². The average Bonchev–Trinajstić information content (AvgIpc) is 3.06. The van der Waals surface area contributed by atoms with Crippen LogP contribution in [0, 0.1) is 6.92 Å². The van der Waals surface area contributed by atoms with Crippen molar-refractivity contribution in [2.45, 2.75) is 39.2 Å². The van der Waals surface area contributed by atoms with Crippen LogP contribution >= 0.6 is 12.4 Å². The van der Waals surface area contributed by atoms with Crippen LogP contribution < -0.4 is 5.32 Å². The van der Waals surface area contributed by atoms with Crippen molar-refractivity contribution in [3.63, 3.8) is 0 Å². The molecule has 0 saturated carbocycles. The Morgan fingerprint density at radius 2 is 1.96 bits per heavy atom. The highest BCUT2D eigenvalue weighted by molar-refractivity contribution is 5.94. The van der Waals surface area contributed by atoms with E-state index in [9.17, 15) is 4.79 Å². The van der Waals surface area contributed by atoms with Crippen molar-refractivity contribution >= 4 is 18.3 Å². The van der Waals surface area contributed by atoms with Crippen molar-refractivity contribution in [1.29, 1.82) is 0 Å². The number of hydrogen-bond acceptors (Lipinski definition) is 3. The zero-order valence-electron chi connectivity index (χ0n) is 14.9. The first-order valence-corrected chi connectivity index (χ1v) is 8.82. The summed E-state index contributed by atoms with van der Waals surface area (Å²) in [6, 6.07) is 8.11. The third-order valence-electron chi connectivity index (χ3n) is 4.57. The van der Waals surface area contributed by atoms with E-state index in [1.54, 1.807) is 0 Å². The van der Waals surface area contributed by atoms with Crippen LogP contribution in [0.4, 0.5) is 0 Å². The molecule has 1 aromatic carbocycles. The number of aromatic nitrogens is 2. The Labute approximate surface area is 155 Å². The molecule has 2 aromatic rings. The summed E-state index contributed by atoms with van der Waals surface area (Å²) < 4.78 is 1.83. The highest BCUT2D eigenvalue weighted by atomic mass is 35.5. The van der Waals surface area contributed by atoms with Crippen LogP contribution in [-0.4, -0.2) is 46.3 Å². The number of amides is 1. The van der Waals surface area contributed by atoms with Crippen molar-refractivity contribution in [3.8, 4) is 5.69 Å². The van der Waals surface area contributed by atoms with E-state index >= 15 is 0 Å². The molecule has 1 amide bonds. The minimum atomic E-state index is 0. The molecule has 1 aliphatic heterocycles. The second-order valence-electron chi connectivity index (χ2n) is 6.49. The lowest BCUT2D eigenvalue weighted by molar-refractivity contribution is 0.0642. The predicted octanol–water partition coefficient (Wildman–Crippen LogP) is 3.21. The predicted molar refractivity (Wildman–Crippen MR) is 103 cm³/mol.